The summed E-state index contributed by atoms with van der Waals surface area (Å²) in [6, 6.07) is 8.38. The molecule has 0 aliphatic rings. The molecule has 124 valence electrons. The Bertz CT molecular complexity index is 444. The van der Waals surface area contributed by atoms with Crippen LogP contribution in [0.4, 0.5) is 0 Å². The summed E-state index contributed by atoms with van der Waals surface area (Å²) in [6.07, 6.45) is 2.41. The molecule has 0 radical (unpaired) electrons. The van der Waals surface area contributed by atoms with Crippen molar-refractivity contribution in [3.8, 4) is 0 Å². The summed E-state index contributed by atoms with van der Waals surface area (Å²) >= 11 is 0. The molecular formula is C18H31N3O. The van der Waals surface area contributed by atoms with Gasteiger partial charge in [-0.3, -0.25) is 0 Å². The fourth-order valence-electron chi connectivity index (χ4n) is 2.21. The van der Waals surface area contributed by atoms with Crippen molar-refractivity contribution in [2.24, 2.45) is 10.9 Å². The number of nitrogens with one attached hydrogen (secondary N) is 2. The van der Waals surface area contributed by atoms with Crippen LogP contribution in [0.3, 0.4) is 0 Å². The number of hydrogen-bond donors (Lipinski definition) is 2. The molecule has 0 aliphatic heterocycles. The lowest BCUT2D eigenvalue weighted by Crippen LogP contribution is -2.37. The maximum atomic E-state index is 5.17. The predicted octanol–water partition coefficient (Wildman–Crippen LogP) is 3.32. The molecule has 1 aromatic rings. The van der Waals surface area contributed by atoms with Crippen LogP contribution in [-0.4, -0.2) is 26.2 Å². The Morgan fingerprint density at radius 3 is 2.68 bits per heavy atom. The second-order valence-electron chi connectivity index (χ2n) is 5.91. The minimum Gasteiger partial charge on any atom is -0.380 e. The van der Waals surface area contributed by atoms with E-state index in [1.54, 1.807) is 7.11 Å². The van der Waals surface area contributed by atoms with Crippen molar-refractivity contribution in [1.29, 1.82) is 0 Å². The number of methoxy groups -OCH3 is 1. The van der Waals surface area contributed by atoms with Crippen molar-refractivity contribution in [3.63, 3.8) is 0 Å². The van der Waals surface area contributed by atoms with Gasteiger partial charge in [0.1, 0.15) is 0 Å². The molecule has 4 heteroatoms. The molecule has 0 atom stereocenters. The van der Waals surface area contributed by atoms with Crippen molar-refractivity contribution < 1.29 is 4.74 Å². The van der Waals surface area contributed by atoms with Crippen LogP contribution in [0.25, 0.3) is 0 Å². The zero-order chi connectivity index (χ0) is 16.2. The van der Waals surface area contributed by atoms with Crippen LogP contribution < -0.4 is 10.6 Å². The second kappa shape index (κ2) is 11.1. The van der Waals surface area contributed by atoms with E-state index < -0.39 is 0 Å². The van der Waals surface area contributed by atoms with Crippen molar-refractivity contribution in [3.05, 3.63) is 35.4 Å². The summed E-state index contributed by atoms with van der Waals surface area (Å²) in [5.74, 6) is 1.65. The minimum atomic E-state index is 0.644. The van der Waals surface area contributed by atoms with Gasteiger partial charge in [0.05, 0.1) is 13.2 Å². The lowest BCUT2D eigenvalue weighted by atomic mass is 10.1. The third kappa shape index (κ3) is 8.03. The van der Waals surface area contributed by atoms with E-state index in [9.17, 15) is 0 Å². The molecule has 0 spiro atoms. The third-order valence-corrected chi connectivity index (χ3v) is 3.32. The Hall–Kier alpha value is -1.55. The monoisotopic (exact) mass is 305 g/mol. The Morgan fingerprint density at radius 1 is 1.23 bits per heavy atom. The Labute approximate surface area is 135 Å². The topological polar surface area (TPSA) is 45.7 Å². The standard InChI is InChI=1S/C18H31N3O/c1-5-19-18(20-11-7-8-15(2)3)21-13-16-9-6-10-17(12-16)14-22-4/h6,9-10,12,15H,5,7-8,11,13-14H2,1-4H3,(H2,19,20,21). The molecule has 0 amide bonds. The van der Waals surface area contributed by atoms with Crippen molar-refractivity contribution >= 4 is 5.96 Å². The first-order valence-electron chi connectivity index (χ1n) is 8.24. The van der Waals surface area contributed by atoms with E-state index in [1.165, 1.54) is 24.0 Å². The van der Waals surface area contributed by atoms with E-state index in [1.807, 2.05) is 0 Å². The van der Waals surface area contributed by atoms with Gasteiger partial charge in [-0.05, 0) is 36.8 Å². The number of hydrogen-bond acceptors (Lipinski definition) is 2. The average molecular weight is 305 g/mol. The molecule has 0 saturated heterocycles. The molecule has 0 aliphatic carbocycles. The van der Waals surface area contributed by atoms with Crippen LogP contribution >= 0.6 is 0 Å². The fraction of sp³-hybridized carbons (Fsp3) is 0.611. The molecule has 0 fully saturated rings. The van der Waals surface area contributed by atoms with E-state index in [-0.39, 0.29) is 0 Å². The maximum absolute atomic E-state index is 5.17. The highest BCUT2D eigenvalue weighted by atomic mass is 16.5. The molecule has 0 heterocycles. The molecule has 22 heavy (non-hydrogen) atoms. The van der Waals surface area contributed by atoms with Crippen LogP contribution in [0.1, 0.15) is 44.7 Å². The van der Waals surface area contributed by atoms with Gasteiger partial charge < -0.3 is 15.4 Å². The molecule has 1 aromatic carbocycles. The lowest BCUT2D eigenvalue weighted by molar-refractivity contribution is 0.185. The molecule has 0 bridgehead atoms. The number of benzene rings is 1. The van der Waals surface area contributed by atoms with Gasteiger partial charge >= 0.3 is 0 Å². The number of ether oxygens (including phenoxy) is 1. The third-order valence-electron chi connectivity index (χ3n) is 3.32. The van der Waals surface area contributed by atoms with E-state index in [4.69, 9.17) is 4.74 Å². The number of rotatable bonds is 9. The Balaban J connectivity index is 2.51. The van der Waals surface area contributed by atoms with E-state index in [0.717, 1.165) is 25.0 Å². The van der Waals surface area contributed by atoms with Gasteiger partial charge in [0.25, 0.3) is 0 Å². The van der Waals surface area contributed by atoms with Gasteiger partial charge in [0, 0.05) is 20.2 Å². The van der Waals surface area contributed by atoms with Crippen LogP contribution in [0.15, 0.2) is 29.3 Å². The summed E-state index contributed by atoms with van der Waals surface area (Å²) < 4.78 is 5.17. The van der Waals surface area contributed by atoms with Crippen LogP contribution in [0, 0.1) is 5.92 Å². The van der Waals surface area contributed by atoms with Gasteiger partial charge in [-0.1, -0.05) is 38.1 Å². The van der Waals surface area contributed by atoms with Gasteiger partial charge in [0.15, 0.2) is 5.96 Å². The Kier molecular flexibility index (Phi) is 9.31. The molecule has 2 N–H and O–H groups in total. The summed E-state index contributed by atoms with van der Waals surface area (Å²) in [5, 5.41) is 6.70. The van der Waals surface area contributed by atoms with Gasteiger partial charge in [0.2, 0.25) is 0 Å². The summed E-state index contributed by atoms with van der Waals surface area (Å²) in [6.45, 7) is 9.76. The zero-order valence-electron chi connectivity index (χ0n) is 14.5. The quantitative estimate of drug-likeness (QED) is 0.418. The van der Waals surface area contributed by atoms with Gasteiger partial charge in [-0.25, -0.2) is 4.99 Å². The Morgan fingerprint density at radius 2 is 2.00 bits per heavy atom. The molecular weight excluding hydrogens is 274 g/mol. The molecule has 0 aromatic heterocycles. The van der Waals surface area contributed by atoms with Crippen molar-refractivity contribution in [1.82, 2.24) is 10.6 Å². The van der Waals surface area contributed by atoms with E-state index in [0.29, 0.717) is 13.2 Å². The fourth-order valence-corrected chi connectivity index (χ4v) is 2.21. The molecule has 0 saturated carbocycles. The van der Waals surface area contributed by atoms with Gasteiger partial charge in [-0.2, -0.15) is 0 Å². The lowest BCUT2D eigenvalue weighted by Gasteiger charge is -2.12. The second-order valence-corrected chi connectivity index (χ2v) is 5.91. The first-order valence-corrected chi connectivity index (χ1v) is 8.24. The smallest absolute Gasteiger partial charge is 0.191 e. The van der Waals surface area contributed by atoms with E-state index >= 15 is 0 Å². The molecule has 0 unspecified atom stereocenters. The predicted molar refractivity (Wildman–Crippen MR) is 94.0 cm³/mol. The SMILES string of the molecule is CCNC(=NCc1cccc(COC)c1)NCCCC(C)C. The van der Waals surface area contributed by atoms with Crippen molar-refractivity contribution in [2.75, 3.05) is 20.2 Å². The number of guanidine groups is 1. The number of aliphatic imine (C=N–C) groups is 1. The first kappa shape index (κ1) is 18.5. The summed E-state index contributed by atoms with van der Waals surface area (Å²) in [7, 11) is 1.72. The highest BCUT2D eigenvalue weighted by Gasteiger charge is 2.00. The largest absolute Gasteiger partial charge is 0.380 e. The first-order chi connectivity index (χ1) is 10.7. The highest BCUT2D eigenvalue weighted by molar-refractivity contribution is 5.79. The minimum absolute atomic E-state index is 0.644. The van der Waals surface area contributed by atoms with E-state index in [2.05, 4.69) is 60.7 Å². The number of nitrogens with zero attached hydrogens (tertiary/aromatic N) is 1. The van der Waals surface area contributed by atoms with Crippen molar-refractivity contribution in [2.45, 2.75) is 46.8 Å². The zero-order valence-corrected chi connectivity index (χ0v) is 14.5. The van der Waals surface area contributed by atoms with Gasteiger partial charge in [-0.15, -0.1) is 0 Å². The van der Waals surface area contributed by atoms with Crippen LogP contribution in [0.5, 0.6) is 0 Å². The normalized spacial score (nSPS) is 11.8. The maximum Gasteiger partial charge on any atom is 0.191 e. The summed E-state index contributed by atoms with van der Waals surface area (Å²) in [5.41, 5.74) is 2.39. The molecule has 1 rings (SSSR count). The van der Waals surface area contributed by atoms with Crippen LogP contribution in [0.2, 0.25) is 0 Å². The highest BCUT2D eigenvalue weighted by Crippen LogP contribution is 2.07. The summed E-state index contributed by atoms with van der Waals surface area (Å²) in [4.78, 5) is 4.66. The average Bonchev–Trinajstić information content (AvgIpc) is 2.49. The van der Waals surface area contributed by atoms with Crippen LogP contribution in [-0.2, 0) is 17.9 Å². The molecule has 4 nitrogen and oxygen atoms in total.